The fourth-order valence-electron chi connectivity index (χ4n) is 2.19. The molecular formula is C18H31NS. The second-order valence-corrected chi connectivity index (χ2v) is 7.62. The molecule has 0 heterocycles. The fraction of sp³-hybridized carbons (Fsp3) is 0.667. The maximum absolute atomic E-state index is 3.66. The van der Waals surface area contributed by atoms with Crippen molar-refractivity contribution in [2.45, 2.75) is 70.2 Å². The van der Waals surface area contributed by atoms with E-state index in [4.69, 9.17) is 0 Å². The highest BCUT2D eigenvalue weighted by atomic mass is 32.2. The lowest BCUT2D eigenvalue weighted by Gasteiger charge is -2.20. The van der Waals surface area contributed by atoms with Crippen LogP contribution in [0.2, 0.25) is 0 Å². The van der Waals surface area contributed by atoms with Crippen LogP contribution in [-0.4, -0.2) is 18.3 Å². The minimum absolute atomic E-state index is 0.247. The smallest absolute Gasteiger partial charge is 0.0161 e. The van der Waals surface area contributed by atoms with E-state index < -0.39 is 0 Å². The van der Waals surface area contributed by atoms with E-state index in [0.717, 1.165) is 6.54 Å². The summed E-state index contributed by atoms with van der Waals surface area (Å²) in [5.74, 6) is 1.17. The van der Waals surface area contributed by atoms with Crippen molar-refractivity contribution >= 4 is 11.8 Å². The van der Waals surface area contributed by atoms with Gasteiger partial charge in [-0.25, -0.2) is 0 Å². The number of benzene rings is 1. The topological polar surface area (TPSA) is 12.0 Å². The first-order valence-corrected chi connectivity index (χ1v) is 8.92. The lowest BCUT2D eigenvalue weighted by atomic mass is 9.87. The van der Waals surface area contributed by atoms with Gasteiger partial charge in [-0.2, -0.15) is 0 Å². The highest BCUT2D eigenvalue weighted by Crippen LogP contribution is 2.26. The van der Waals surface area contributed by atoms with Gasteiger partial charge in [-0.05, 0) is 42.5 Å². The van der Waals surface area contributed by atoms with Crippen molar-refractivity contribution in [3.63, 3.8) is 0 Å². The van der Waals surface area contributed by atoms with Gasteiger partial charge < -0.3 is 5.32 Å². The molecular weight excluding hydrogens is 262 g/mol. The molecule has 0 fully saturated rings. The van der Waals surface area contributed by atoms with Gasteiger partial charge in [-0.1, -0.05) is 53.2 Å². The first-order chi connectivity index (χ1) is 9.47. The van der Waals surface area contributed by atoms with Crippen LogP contribution in [0.3, 0.4) is 0 Å². The summed E-state index contributed by atoms with van der Waals surface area (Å²) in [5, 5.41) is 3.66. The number of thioether (sulfide) groups is 1. The monoisotopic (exact) mass is 293 g/mol. The Kier molecular flexibility index (Phi) is 7.68. The van der Waals surface area contributed by atoms with Crippen LogP contribution >= 0.6 is 11.8 Å². The molecule has 0 aliphatic carbocycles. The molecule has 1 aromatic rings. The van der Waals surface area contributed by atoms with Crippen molar-refractivity contribution in [3.8, 4) is 0 Å². The Hall–Kier alpha value is -0.470. The van der Waals surface area contributed by atoms with Gasteiger partial charge in [0.1, 0.15) is 0 Å². The second-order valence-electron chi connectivity index (χ2n) is 6.53. The maximum atomic E-state index is 3.66. The van der Waals surface area contributed by atoms with Crippen molar-refractivity contribution in [2.24, 2.45) is 0 Å². The Morgan fingerprint density at radius 2 is 1.70 bits per heavy atom. The van der Waals surface area contributed by atoms with E-state index in [-0.39, 0.29) is 5.41 Å². The zero-order valence-electron chi connectivity index (χ0n) is 13.8. The zero-order valence-corrected chi connectivity index (χ0v) is 14.6. The molecule has 0 amide bonds. The first kappa shape index (κ1) is 17.6. The second kappa shape index (κ2) is 8.74. The quantitative estimate of drug-likeness (QED) is 0.657. The van der Waals surface area contributed by atoms with Crippen LogP contribution < -0.4 is 5.32 Å². The number of hydrogen-bond donors (Lipinski definition) is 1. The van der Waals surface area contributed by atoms with E-state index in [0.29, 0.717) is 6.04 Å². The van der Waals surface area contributed by atoms with Gasteiger partial charge in [-0.15, -0.1) is 11.8 Å². The largest absolute Gasteiger partial charge is 0.313 e. The summed E-state index contributed by atoms with van der Waals surface area (Å²) in [6, 6.07) is 9.74. The molecule has 0 aromatic heterocycles. The van der Waals surface area contributed by atoms with Gasteiger partial charge in [-0.3, -0.25) is 0 Å². The van der Waals surface area contributed by atoms with Gasteiger partial charge in [0.2, 0.25) is 0 Å². The third kappa shape index (κ3) is 6.32. The van der Waals surface area contributed by atoms with Gasteiger partial charge in [0.05, 0.1) is 0 Å². The molecule has 0 aliphatic rings. The summed E-state index contributed by atoms with van der Waals surface area (Å²) < 4.78 is 0. The normalized spacial score (nSPS) is 13.4. The Balaban J connectivity index is 2.51. The van der Waals surface area contributed by atoms with Gasteiger partial charge in [0.15, 0.2) is 0 Å². The first-order valence-electron chi connectivity index (χ1n) is 7.94. The summed E-state index contributed by atoms with van der Waals surface area (Å²) in [6.45, 7) is 12.4. The SMILES string of the molecule is CCCNC(CCC)CSc1ccc(C(C)(C)C)cc1. The van der Waals surface area contributed by atoms with Crippen LogP contribution in [0.15, 0.2) is 29.2 Å². The number of rotatable bonds is 8. The Morgan fingerprint density at radius 1 is 1.05 bits per heavy atom. The van der Waals surface area contributed by atoms with E-state index in [2.05, 4.69) is 64.2 Å². The van der Waals surface area contributed by atoms with Crippen molar-refractivity contribution < 1.29 is 0 Å². The van der Waals surface area contributed by atoms with Crippen molar-refractivity contribution in [2.75, 3.05) is 12.3 Å². The molecule has 1 nitrogen and oxygen atoms in total. The average molecular weight is 294 g/mol. The molecule has 0 radical (unpaired) electrons. The molecule has 114 valence electrons. The fourth-order valence-corrected chi connectivity index (χ4v) is 3.20. The molecule has 1 atom stereocenters. The van der Waals surface area contributed by atoms with Crippen molar-refractivity contribution in [3.05, 3.63) is 29.8 Å². The zero-order chi connectivity index (χ0) is 15.0. The van der Waals surface area contributed by atoms with Crippen LogP contribution in [0.1, 0.15) is 59.4 Å². The molecule has 0 aliphatic heterocycles. The number of nitrogens with one attached hydrogen (secondary N) is 1. The maximum Gasteiger partial charge on any atom is 0.0161 e. The molecule has 1 N–H and O–H groups in total. The van der Waals surface area contributed by atoms with E-state index in [1.54, 1.807) is 0 Å². The third-order valence-corrected chi connectivity index (χ3v) is 4.67. The molecule has 1 rings (SSSR count). The summed E-state index contributed by atoms with van der Waals surface area (Å²) in [6.07, 6.45) is 3.74. The molecule has 0 bridgehead atoms. The Labute approximate surface area is 129 Å². The van der Waals surface area contributed by atoms with E-state index in [9.17, 15) is 0 Å². The van der Waals surface area contributed by atoms with Crippen LogP contribution in [0.25, 0.3) is 0 Å². The molecule has 0 spiro atoms. The van der Waals surface area contributed by atoms with E-state index >= 15 is 0 Å². The van der Waals surface area contributed by atoms with Crippen LogP contribution in [-0.2, 0) is 5.41 Å². The highest BCUT2D eigenvalue weighted by molar-refractivity contribution is 7.99. The van der Waals surface area contributed by atoms with E-state index in [1.165, 1.54) is 35.5 Å². The minimum atomic E-state index is 0.247. The molecule has 0 saturated heterocycles. The lowest BCUT2D eigenvalue weighted by molar-refractivity contribution is 0.514. The number of hydrogen-bond acceptors (Lipinski definition) is 2. The summed E-state index contributed by atoms with van der Waals surface area (Å²) >= 11 is 1.98. The molecule has 20 heavy (non-hydrogen) atoms. The summed E-state index contributed by atoms with van der Waals surface area (Å²) in [5.41, 5.74) is 1.66. The minimum Gasteiger partial charge on any atom is -0.313 e. The van der Waals surface area contributed by atoms with Crippen LogP contribution in [0, 0.1) is 0 Å². The van der Waals surface area contributed by atoms with E-state index in [1.807, 2.05) is 11.8 Å². The predicted octanol–water partition coefficient (Wildman–Crippen LogP) is 5.24. The molecule has 0 saturated carbocycles. The average Bonchev–Trinajstić information content (AvgIpc) is 2.41. The van der Waals surface area contributed by atoms with Crippen LogP contribution in [0.5, 0.6) is 0 Å². The molecule has 1 unspecified atom stereocenters. The highest BCUT2D eigenvalue weighted by Gasteiger charge is 2.13. The van der Waals surface area contributed by atoms with Gasteiger partial charge in [0, 0.05) is 16.7 Å². The Morgan fingerprint density at radius 3 is 2.20 bits per heavy atom. The van der Waals surface area contributed by atoms with Gasteiger partial charge >= 0.3 is 0 Å². The lowest BCUT2D eigenvalue weighted by Crippen LogP contribution is -2.31. The van der Waals surface area contributed by atoms with Crippen molar-refractivity contribution in [1.29, 1.82) is 0 Å². The molecule has 1 aromatic carbocycles. The Bertz CT molecular complexity index is 364. The van der Waals surface area contributed by atoms with Crippen molar-refractivity contribution in [1.82, 2.24) is 5.32 Å². The summed E-state index contributed by atoms with van der Waals surface area (Å²) in [7, 11) is 0. The predicted molar refractivity (Wildman–Crippen MR) is 92.9 cm³/mol. The van der Waals surface area contributed by atoms with Gasteiger partial charge in [0.25, 0.3) is 0 Å². The standard InChI is InChI=1S/C18H31NS/c1-6-8-16(19-13-7-2)14-20-17-11-9-15(10-12-17)18(3,4)5/h9-12,16,19H,6-8,13-14H2,1-5H3. The van der Waals surface area contributed by atoms with Crippen LogP contribution in [0.4, 0.5) is 0 Å². The third-order valence-electron chi connectivity index (χ3n) is 3.49. The summed E-state index contributed by atoms with van der Waals surface area (Å²) in [4.78, 5) is 1.39. The molecule has 2 heteroatoms.